The Balaban J connectivity index is 1.24. The van der Waals surface area contributed by atoms with Crippen LogP contribution < -0.4 is 15.5 Å². The minimum atomic E-state index is -0.115. The van der Waals surface area contributed by atoms with E-state index in [4.69, 9.17) is 0 Å². The number of benzene rings is 1. The van der Waals surface area contributed by atoms with Crippen molar-refractivity contribution in [1.82, 2.24) is 15.6 Å². The fraction of sp³-hybridized carbons (Fsp3) is 0.400. The number of urea groups is 1. The highest BCUT2D eigenvalue weighted by Gasteiger charge is 2.54. The van der Waals surface area contributed by atoms with Crippen LogP contribution in [0.4, 0.5) is 10.6 Å². The van der Waals surface area contributed by atoms with E-state index >= 15 is 0 Å². The van der Waals surface area contributed by atoms with Gasteiger partial charge in [-0.25, -0.2) is 9.78 Å². The molecule has 1 fully saturated rings. The normalized spacial score (nSPS) is 22.7. The summed E-state index contributed by atoms with van der Waals surface area (Å²) in [7, 11) is 3.91. The number of carbonyl (C=O) groups is 1. The van der Waals surface area contributed by atoms with Crippen LogP contribution in [0, 0.1) is 11.8 Å². The fourth-order valence-electron chi connectivity index (χ4n) is 4.02. The Kier molecular flexibility index (Phi) is 4.07. The van der Waals surface area contributed by atoms with Crippen LogP contribution in [-0.2, 0) is 13.0 Å². The first-order valence-corrected chi connectivity index (χ1v) is 8.86. The first-order valence-electron chi connectivity index (χ1n) is 8.86. The Labute approximate surface area is 148 Å². The third-order valence-corrected chi connectivity index (χ3v) is 5.38. The van der Waals surface area contributed by atoms with Crippen LogP contribution in [0.2, 0.25) is 0 Å². The second-order valence-corrected chi connectivity index (χ2v) is 7.20. The second-order valence-electron chi connectivity index (χ2n) is 7.20. The largest absolute Gasteiger partial charge is 0.363 e. The molecular weight excluding hydrogens is 312 g/mol. The summed E-state index contributed by atoms with van der Waals surface area (Å²) in [6.45, 7) is 1.19. The molecule has 5 nitrogen and oxygen atoms in total. The quantitative estimate of drug-likeness (QED) is 0.882. The highest BCUT2D eigenvalue weighted by molar-refractivity contribution is 5.73. The number of hydrogen-bond donors (Lipinski definition) is 2. The molecule has 3 atom stereocenters. The van der Waals surface area contributed by atoms with Gasteiger partial charge in [-0.05, 0) is 47.4 Å². The maximum absolute atomic E-state index is 12.1. The lowest BCUT2D eigenvalue weighted by Gasteiger charge is -2.13. The van der Waals surface area contributed by atoms with Crippen LogP contribution in [0.3, 0.4) is 0 Å². The predicted molar refractivity (Wildman–Crippen MR) is 98.7 cm³/mol. The summed E-state index contributed by atoms with van der Waals surface area (Å²) < 4.78 is 0. The zero-order chi connectivity index (χ0) is 17.4. The molecule has 1 saturated carbocycles. The third-order valence-electron chi connectivity index (χ3n) is 5.38. The van der Waals surface area contributed by atoms with E-state index < -0.39 is 0 Å². The molecule has 5 heteroatoms. The number of anilines is 1. The van der Waals surface area contributed by atoms with E-state index in [9.17, 15) is 4.79 Å². The van der Waals surface area contributed by atoms with Crippen molar-refractivity contribution in [1.29, 1.82) is 0 Å². The number of aromatic nitrogens is 1. The number of carbonyl (C=O) groups excluding carboxylic acids is 1. The van der Waals surface area contributed by atoms with Gasteiger partial charge >= 0.3 is 6.03 Å². The number of nitrogens with zero attached hydrogens (tertiary/aromatic N) is 2. The molecule has 130 valence electrons. The lowest BCUT2D eigenvalue weighted by atomic mass is 10.0. The van der Waals surface area contributed by atoms with E-state index in [-0.39, 0.29) is 6.03 Å². The number of hydrogen-bond acceptors (Lipinski definition) is 3. The van der Waals surface area contributed by atoms with Gasteiger partial charge in [0.05, 0.1) is 12.2 Å². The van der Waals surface area contributed by atoms with Crippen molar-refractivity contribution in [2.24, 2.45) is 11.8 Å². The van der Waals surface area contributed by atoms with Crippen molar-refractivity contribution in [2.75, 3.05) is 25.5 Å². The highest BCUT2D eigenvalue weighted by Crippen LogP contribution is 2.60. The Morgan fingerprint density at radius 1 is 1.16 bits per heavy atom. The van der Waals surface area contributed by atoms with Crippen LogP contribution in [0.25, 0.3) is 0 Å². The van der Waals surface area contributed by atoms with Gasteiger partial charge in [0.15, 0.2) is 0 Å². The Morgan fingerprint density at radius 2 is 2.00 bits per heavy atom. The Bertz CT molecular complexity index is 789. The van der Waals surface area contributed by atoms with Crippen molar-refractivity contribution in [3.05, 3.63) is 59.3 Å². The first kappa shape index (κ1) is 15.9. The van der Waals surface area contributed by atoms with E-state index in [1.54, 1.807) is 0 Å². The lowest BCUT2D eigenvalue weighted by Crippen LogP contribution is -2.36. The molecule has 0 aliphatic heterocycles. The van der Waals surface area contributed by atoms with E-state index in [0.717, 1.165) is 30.4 Å². The zero-order valence-corrected chi connectivity index (χ0v) is 14.7. The summed E-state index contributed by atoms with van der Waals surface area (Å²) in [5, 5.41) is 5.93. The number of amides is 2. The molecule has 1 heterocycles. The highest BCUT2D eigenvalue weighted by atomic mass is 16.2. The molecule has 0 saturated heterocycles. The standard InChI is InChI=1S/C20H24N4O/c1-24(2)18-9-5-7-14(23-18)11-21-20(25)22-12-17-16-10-13-6-3-4-8-15(13)19(16)17/h3-9,16-17,19H,10-12H2,1-2H3,(H2,21,22,25)/t16-,17-,19-/m0/s1. The number of fused-ring (bicyclic) bond motifs is 3. The predicted octanol–water partition coefficient (Wildman–Crippen LogP) is 2.53. The molecule has 0 spiro atoms. The van der Waals surface area contributed by atoms with E-state index in [0.29, 0.717) is 18.4 Å². The summed E-state index contributed by atoms with van der Waals surface area (Å²) in [5.74, 6) is 2.85. The SMILES string of the molecule is CN(C)c1cccc(CNC(=O)NC[C@H]2[C@@H]3Cc4ccccc4[C@H]23)n1. The van der Waals surface area contributed by atoms with Crippen LogP contribution >= 0.6 is 0 Å². The molecule has 4 rings (SSSR count). The van der Waals surface area contributed by atoms with Crippen molar-refractivity contribution in [3.63, 3.8) is 0 Å². The summed E-state index contributed by atoms with van der Waals surface area (Å²) >= 11 is 0. The van der Waals surface area contributed by atoms with Crippen molar-refractivity contribution < 1.29 is 4.79 Å². The smallest absolute Gasteiger partial charge is 0.315 e. The van der Waals surface area contributed by atoms with Crippen LogP contribution in [0.15, 0.2) is 42.5 Å². The van der Waals surface area contributed by atoms with Crippen LogP contribution in [0.1, 0.15) is 22.7 Å². The van der Waals surface area contributed by atoms with Gasteiger partial charge in [-0.2, -0.15) is 0 Å². The van der Waals surface area contributed by atoms with Crippen molar-refractivity contribution in [3.8, 4) is 0 Å². The molecule has 0 unspecified atom stereocenters. The maximum Gasteiger partial charge on any atom is 0.315 e. The minimum absolute atomic E-state index is 0.115. The molecule has 0 bridgehead atoms. The molecule has 2 aliphatic rings. The average molecular weight is 336 g/mol. The molecule has 25 heavy (non-hydrogen) atoms. The van der Waals surface area contributed by atoms with E-state index in [1.165, 1.54) is 11.1 Å². The topological polar surface area (TPSA) is 57.3 Å². The molecule has 2 amide bonds. The van der Waals surface area contributed by atoms with Gasteiger partial charge in [0, 0.05) is 20.6 Å². The Morgan fingerprint density at radius 3 is 2.84 bits per heavy atom. The minimum Gasteiger partial charge on any atom is -0.363 e. The zero-order valence-electron chi connectivity index (χ0n) is 14.7. The second kappa shape index (κ2) is 6.39. The summed E-state index contributed by atoms with van der Waals surface area (Å²) in [6, 6.07) is 14.4. The summed E-state index contributed by atoms with van der Waals surface area (Å²) in [6.07, 6.45) is 1.16. The van der Waals surface area contributed by atoms with Crippen LogP contribution in [-0.4, -0.2) is 31.7 Å². The molecule has 1 aromatic heterocycles. The first-order chi connectivity index (χ1) is 12.1. The lowest BCUT2D eigenvalue weighted by molar-refractivity contribution is 0.239. The Hall–Kier alpha value is -2.56. The number of nitrogens with one attached hydrogen (secondary N) is 2. The number of pyridine rings is 1. The monoisotopic (exact) mass is 336 g/mol. The molecule has 0 radical (unpaired) electrons. The average Bonchev–Trinajstić information content (AvgIpc) is 3.16. The summed E-state index contributed by atoms with van der Waals surface area (Å²) in [5.41, 5.74) is 3.84. The molecule has 2 aliphatic carbocycles. The molecule has 2 N–H and O–H groups in total. The van der Waals surface area contributed by atoms with Gasteiger partial charge in [-0.15, -0.1) is 0 Å². The maximum atomic E-state index is 12.1. The van der Waals surface area contributed by atoms with Gasteiger partial charge in [-0.1, -0.05) is 30.3 Å². The van der Waals surface area contributed by atoms with Gasteiger partial charge in [-0.3, -0.25) is 0 Å². The van der Waals surface area contributed by atoms with Crippen molar-refractivity contribution in [2.45, 2.75) is 18.9 Å². The van der Waals surface area contributed by atoms with Crippen molar-refractivity contribution >= 4 is 11.8 Å². The van der Waals surface area contributed by atoms with Crippen LogP contribution in [0.5, 0.6) is 0 Å². The molecular formula is C20H24N4O. The van der Waals surface area contributed by atoms with Gasteiger partial charge in [0.25, 0.3) is 0 Å². The van der Waals surface area contributed by atoms with Gasteiger partial charge < -0.3 is 15.5 Å². The summed E-state index contributed by atoms with van der Waals surface area (Å²) in [4.78, 5) is 18.5. The van der Waals surface area contributed by atoms with E-state index in [2.05, 4.69) is 39.9 Å². The van der Waals surface area contributed by atoms with Gasteiger partial charge in [0.2, 0.25) is 0 Å². The third kappa shape index (κ3) is 3.18. The molecule has 1 aromatic carbocycles. The van der Waals surface area contributed by atoms with Gasteiger partial charge in [0.1, 0.15) is 5.82 Å². The number of rotatable bonds is 5. The fourth-order valence-corrected chi connectivity index (χ4v) is 4.02. The van der Waals surface area contributed by atoms with E-state index in [1.807, 2.05) is 37.2 Å². The molecule has 2 aromatic rings.